The molecule has 5 nitrogen and oxygen atoms in total. The number of thiophene rings is 1. The Morgan fingerprint density at radius 2 is 2.08 bits per heavy atom. The highest BCUT2D eigenvalue weighted by Gasteiger charge is 2.42. The Morgan fingerprint density at radius 1 is 1.35 bits per heavy atom. The Balaban J connectivity index is 1.88. The fourth-order valence-electron chi connectivity index (χ4n) is 4.11. The minimum Gasteiger partial charge on any atom is -0.478 e. The van der Waals surface area contributed by atoms with E-state index < -0.39 is 5.97 Å². The molecule has 0 bridgehead atoms. The van der Waals surface area contributed by atoms with E-state index in [0.29, 0.717) is 16.1 Å². The second-order valence-electron chi connectivity index (χ2n) is 7.78. The van der Waals surface area contributed by atoms with Gasteiger partial charge in [-0.2, -0.15) is 0 Å². The third-order valence-electron chi connectivity index (χ3n) is 5.43. The standard InChI is InChI=1S/C20H22N2O3S/c1-20(2)9-8-14-13(10-20)15(19(24)25)18(26-14)22-16(21-3)11-6-4-5-7-12(11)17(22)23/h4-7,16,21H,8-10H2,1-3H3,(H,24,25). The fourth-order valence-corrected chi connectivity index (χ4v) is 5.44. The average molecular weight is 370 g/mol. The molecule has 1 atom stereocenters. The van der Waals surface area contributed by atoms with E-state index in [1.807, 2.05) is 18.2 Å². The van der Waals surface area contributed by atoms with Crippen molar-refractivity contribution in [3.05, 3.63) is 51.4 Å². The van der Waals surface area contributed by atoms with Crippen molar-refractivity contribution < 1.29 is 14.7 Å². The van der Waals surface area contributed by atoms with Crippen molar-refractivity contribution in [1.29, 1.82) is 0 Å². The van der Waals surface area contributed by atoms with Crippen LogP contribution in [0.15, 0.2) is 24.3 Å². The maximum Gasteiger partial charge on any atom is 0.339 e. The molecule has 2 N–H and O–H groups in total. The van der Waals surface area contributed by atoms with Gasteiger partial charge in [0, 0.05) is 16.0 Å². The Hall–Kier alpha value is -2.18. The zero-order chi connectivity index (χ0) is 18.6. The number of nitrogens with one attached hydrogen (secondary N) is 1. The molecule has 6 heteroatoms. The number of carbonyl (C=O) groups excluding carboxylic acids is 1. The molecule has 2 aliphatic rings. The molecule has 0 fully saturated rings. The van der Waals surface area contributed by atoms with Gasteiger partial charge >= 0.3 is 5.97 Å². The topological polar surface area (TPSA) is 69.6 Å². The lowest BCUT2D eigenvalue weighted by atomic mass is 9.76. The van der Waals surface area contributed by atoms with Gasteiger partial charge in [0.05, 0.1) is 5.56 Å². The molecule has 0 saturated heterocycles. The first-order chi connectivity index (χ1) is 12.3. The molecule has 1 aromatic carbocycles. The maximum atomic E-state index is 13.1. The van der Waals surface area contributed by atoms with Gasteiger partial charge in [-0.05, 0) is 43.4 Å². The maximum absolute atomic E-state index is 13.1. The quantitative estimate of drug-likeness (QED) is 0.861. The third-order valence-corrected chi connectivity index (χ3v) is 6.72. The molecular formula is C20H22N2O3S. The molecule has 1 aromatic heterocycles. The summed E-state index contributed by atoms with van der Waals surface area (Å²) in [5.41, 5.74) is 2.82. The second-order valence-corrected chi connectivity index (χ2v) is 8.87. The summed E-state index contributed by atoms with van der Waals surface area (Å²) >= 11 is 1.47. The molecule has 1 aliphatic heterocycles. The van der Waals surface area contributed by atoms with E-state index in [4.69, 9.17) is 0 Å². The lowest BCUT2D eigenvalue weighted by Crippen LogP contribution is -2.35. The molecule has 1 amide bonds. The largest absolute Gasteiger partial charge is 0.478 e. The van der Waals surface area contributed by atoms with Gasteiger partial charge in [-0.1, -0.05) is 32.0 Å². The van der Waals surface area contributed by atoms with E-state index in [2.05, 4.69) is 19.2 Å². The zero-order valence-electron chi connectivity index (χ0n) is 15.1. The summed E-state index contributed by atoms with van der Waals surface area (Å²) in [5, 5.41) is 13.7. The molecule has 0 spiro atoms. The molecule has 2 heterocycles. The van der Waals surface area contributed by atoms with Crippen LogP contribution in [0.5, 0.6) is 0 Å². The van der Waals surface area contributed by atoms with Crippen LogP contribution in [0.25, 0.3) is 0 Å². The summed E-state index contributed by atoms with van der Waals surface area (Å²) in [6.07, 6.45) is 2.29. The summed E-state index contributed by atoms with van der Waals surface area (Å²) < 4.78 is 0. The smallest absolute Gasteiger partial charge is 0.339 e. The Bertz CT molecular complexity index is 916. The molecule has 1 aliphatic carbocycles. The molecule has 26 heavy (non-hydrogen) atoms. The normalized spacial score (nSPS) is 20.8. The highest BCUT2D eigenvalue weighted by molar-refractivity contribution is 7.17. The second kappa shape index (κ2) is 5.93. The molecule has 2 aromatic rings. The van der Waals surface area contributed by atoms with E-state index >= 15 is 0 Å². The van der Waals surface area contributed by atoms with Crippen LogP contribution < -0.4 is 10.2 Å². The summed E-state index contributed by atoms with van der Waals surface area (Å²) in [6.45, 7) is 4.35. The van der Waals surface area contributed by atoms with Crippen molar-refractivity contribution in [2.75, 3.05) is 11.9 Å². The number of fused-ring (bicyclic) bond motifs is 2. The Labute approximate surface area is 156 Å². The van der Waals surface area contributed by atoms with Gasteiger partial charge in [0.1, 0.15) is 11.2 Å². The number of aryl methyl sites for hydroxylation is 1. The number of rotatable bonds is 3. The highest BCUT2D eigenvalue weighted by Crippen LogP contribution is 2.48. The van der Waals surface area contributed by atoms with Crippen molar-refractivity contribution in [2.24, 2.45) is 5.41 Å². The van der Waals surface area contributed by atoms with Crippen molar-refractivity contribution in [2.45, 2.75) is 39.3 Å². The number of benzene rings is 1. The SMILES string of the molecule is CNC1c2ccccc2C(=O)N1c1sc2c(c1C(=O)O)CC(C)(C)CC2. The summed E-state index contributed by atoms with van der Waals surface area (Å²) in [7, 11) is 1.80. The van der Waals surface area contributed by atoms with Gasteiger partial charge < -0.3 is 5.11 Å². The molecule has 0 saturated carbocycles. The van der Waals surface area contributed by atoms with E-state index in [1.165, 1.54) is 11.3 Å². The van der Waals surface area contributed by atoms with Gasteiger partial charge in [0.2, 0.25) is 0 Å². The molecule has 136 valence electrons. The Kier molecular flexibility index (Phi) is 3.93. The van der Waals surface area contributed by atoms with Crippen molar-refractivity contribution in [3.63, 3.8) is 0 Å². The first-order valence-corrected chi connectivity index (χ1v) is 9.63. The summed E-state index contributed by atoms with van der Waals surface area (Å²) in [6, 6.07) is 7.47. The molecule has 4 rings (SSSR count). The molecule has 0 radical (unpaired) electrons. The van der Waals surface area contributed by atoms with E-state index in [9.17, 15) is 14.7 Å². The number of aromatic carboxylic acids is 1. The average Bonchev–Trinajstić information content (AvgIpc) is 3.09. The van der Waals surface area contributed by atoms with Gasteiger partial charge in [-0.15, -0.1) is 11.3 Å². The van der Waals surface area contributed by atoms with Crippen LogP contribution in [0.3, 0.4) is 0 Å². The zero-order valence-corrected chi connectivity index (χ0v) is 15.9. The van der Waals surface area contributed by atoms with Gasteiger partial charge in [-0.25, -0.2) is 4.79 Å². The Morgan fingerprint density at radius 3 is 2.77 bits per heavy atom. The number of amides is 1. The highest BCUT2D eigenvalue weighted by atomic mass is 32.1. The number of hydrogen-bond acceptors (Lipinski definition) is 4. The molecule has 1 unspecified atom stereocenters. The number of carboxylic acids is 1. The van der Waals surface area contributed by atoms with Crippen LogP contribution in [0, 0.1) is 5.41 Å². The van der Waals surface area contributed by atoms with Crippen molar-refractivity contribution in [3.8, 4) is 0 Å². The monoisotopic (exact) mass is 370 g/mol. The van der Waals surface area contributed by atoms with Gasteiger partial charge in [-0.3, -0.25) is 15.0 Å². The van der Waals surface area contributed by atoms with Crippen LogP contribution in [-0.4, -0.2) is 24.0 Å². The van der Waals surface area contributed by atoms with Gasteiger partial charge in [0.25, 0.3) is 5.91 Å². The fraction of sp³-hybridized carbons (Fsp3) is 0.400. The van der Waals surface area contributed by atoms with Crippen molar-refractivity contribution in [1.82, 2.24) is 5.32 Å². The predicted molar refractivity (Wildman–Crippen MR) is 102 cm³/mol. The summed E-state index contributed by atoms with van der Waals surface area (Å²) in [4.78, 5) is 28.0. The number of carbonyl (C=O) groups is 2. The van der Waals surface area contributed by atoms with Crippen molar-refractivity contribution >= 4 is 28.2 Å². The van der Waals surface area contributed by atoms with E-state index in [-0.39, 0.29) is 17.5 Å². The third kappa shape index (κ3) is 2.47. The van der Waals surface area contributed by atoms with Crippen LogP contribution in [0.2, 0.25) is 0 Å². The minimum absolute atomic E-state index is 0.0793. The van der Waals surface area contributed by atoms with E-state index in [0.717, 1.165) is 35.3 Å². The molecular weight excluding hydrogens is 348 g/mol. The lowest BCUT2D eigenvalue weighted by molar-refractivity contribution is 0.0696. The first-order valence-electron chi connectivity index (χ1n) is 8.81. The number of nitrogens with zero attached hydrogens (tertiary/aromatic N) is 1. The van der Waals surface area contributed by atoms with Crippen LogP contribution >= 0.6 is 11.3 Å². The van der Waals surface area contributed by atoms with Gasteiger partial charge in [0.15, 0.2) is 0 Å². The minimum atomic E-state index is -0.950. The number of hydrogen-bond donors (Lipinski definition) is 2. The van der Waals surface area contributed by atoms with Crippen LogP contribution in [-0.2, 0) is 12.8 Å². The predicted octanol–water partition coefficient (Wildman–Crippen LogP) is 3.84. The van der Waals surface area contributed by atoms with Crippen LogP contribution in [0.4, 0.5) is 5.00 Å². The number of carboxylic acid groups (broad SMARTS) is 1. The van der Waals surface area contributed by atoms with Crippen LogP contribution in [0.1, 0.15) is 63.2 Å². The first kappa shape index (κ1) is 17.2. The number of anilines is 1. The summed E-state index contributed by atoms with van der Waals surface area (Å²) in [5.74, 6) is -1.09. The van der Waals surface area contributed by atoms with E-state index in [1.54, 1.807) is 18.0 Å². The lowest BCUT2D eigenvalue weighted by Gasteiger charge is -2.29.